The van der Waals surface area contributed by atoms with Crippen LogP contribution in [0.15, 0.2) is 0 Å². The highest BCUT2D eigenvalue weighted by molar-refractivity contribution is 7.90. The van der Waals surface area contributed by atoms with E-state index in [0.29, 0.717) is 11.7 Å². The van der Waals surface area contributed by atoms with Gasteiger partial charge in [-0.25, -0.2) is 8.42 Å². The van der Waals surface area contributed by atoms with Crippen molar-refractivity contribution in [2.45, 2.75) is 52.4 Å². The Balaban J connectivity index is 2.31. The van der Waals surface area contributed by atoms with Gasteiger partial charge in [0.1, 0.15) is 9.84 Å². The molecule has 1 saturated carbocycles. The second kappa shape index (κ2) is 8.25. The molecule has 19 heavy (non-hydrogen) atoms. The van der Waals surface area contributed by atoms with Crippen LogP contribution in [0.25, 0.3) is 0 Å². The van der Waals surface area contributed by atoms with Gasteiger partial charge in [0.25, 0.3) is 0 Å². The topological polar surface area (TPSA) is 46.2 Å². The van der Waals surface area contributed by atoms with Crippen LogP contribution in [0.4, 0.5) is 0 Å². The molecule has 1 N–H and O–H groups in total. The van der Waals surface area contributed by atoms with Crippen molar-refractivity contribution in [1.82, 2.24) is 5.32 Å². The molecule has 0 aromatic rings. The zero-order valence-electron chi connectivity index (χ0n) is 12.8. The Bertz CT molecular complexity index is 338. The summed E-state index contributed by atoms with van der Waals surface area (Å²) in [5, 5.41) is 3.57. The fourth-order valence-corrected chi connectivity index (χ4v) is 3.79. The summed E-state index contributed by atoms with van der Waals surface area (Å²) < 4.78 is 22.4. The summed E-state index contributed by atoms with van der Waals surface area (Å²) >= 11 is 0. The van der Waals surface area contributed by atoms with E-state index in [4.69, 9.17) is 0 Å². The van der Waals surface area contributed by atoms with E-state index in [1.54, 1.807) is 0 Å². The Morgan fingerprint density at radius 3 is 2.37 bits per heavy atom. The van der Waals surface area contributed by atoms with E-state index in [1.165, 1.54) is 31.9 Å². The summed E-state index contributed by atoms with van der Waals surface area (Å²) in [6.07, 6.45) is 8.54. The van der Waals surface area contributed by atoms with Gasteiger partial charge in [0.15, 0.2) is 0 Å². The summed E-state index contributed by atoms with van der Waals surface area (Å²) in [5.41, 5.74) is 0. The maximum absolute atomic E-state index is 11.2. The van der Waals surface area contributed by atoms with E-state index in [0.717, 1.165) is 37.8 Å². The Labute approximate surface area is 119 Å². The summed E-state index contributed by atoms with van der Waals surface area (Å²) in [6, 6.07) is 0. The fourth-order valence-electron chi connectivity index (χ4n) is 3.10. The Kier molecular flexibility index (Phi) is 7.37. The molecule has 0 radical (unpaired) electrons. The predicted molar refractivity (Wildman–Crippen MR) is 82.1 cm³/mol. The van der Waals surface area contributed by atoms with Crippen LogP contribution < -0.4 is 5.32 Å². The first-order chi connectivity index (χ1) is 8.88. The average molecular weight is 289 g/mol. The molecule has 0 aliphatic heterocycles. The van der Waals surface area contributed by atoms with Gasteiger partial charge in [-0.15, -0.1) is 0 Å². The van der Waals surface area contributed by atoms with Crippen molar-refractivity contribution in [3.8, 4) is 0 Å². The third-order valence-electron chi connectivity index (χ3n) is 4.12. The van der Waals surface area contributed by atoms with Crippen LogP contribution >= 0.6 is 0 Å². The van der Waals surface area contributed by atoms with Gasteiger partial charge in [-0.2, -0.15) is 0 Å². The highest BCUT2D eigenvalue weighted by atomic mass is 32.2. The molecular weight excluding hydrogens is 258 g/mol. The van der Waals surface area contributed by atoms with Gasteiger partial charge in [0.05, 0.1) is 0 Å². The lowest BCUT2D eigenvalue weighted by molar-refractivity contribution is 0.215. The molecule has 0 saturated heterocycles. The van der Waals surface area contributed by atoms with E-state index >= 15 is 0 Å². The number of hydrogen-bond acceptors (Lipinski definition) is 3. The molecule has 0 amide bonds. The van der Waals surface area contributed by atoms with Crippen LogP contribution in [0.3, 0.4) is 0 Å². The molecule has 3 nitrogen and oxygen atoms in total. The molecule has 2 atom stereocenters. The molecular formula is C15H31NO2S. The third kappa shape index (κ3) is 7.93. The van der Waals surface area contributed by atoms with Crippen molar-refractivity contribution in [3.05, 3.63) is 0 Å². The SMILES string of the molecule is CC(C)CNCC1CCCCC1CCCS(C)(=O)=O. The van der Waals surface area contributed by atoms with Gasteiger partial charge >= 0.3 is 0 Å². The molecule has 1 aliphatic carbocycles. The Morgan fingerprint density at radius 1 is 1.16 bits per heavy atom. The smallest absolute Gasteiger partial charge is 0.147 e. The van der Waals surface area contributed by atoms with Crippen molar-refractivity contribution >= 4 is 9.84 Å². The second-order valence-electron chi connectivity index (χ2n) is 6.63. The molecule has 114 valence electrons. The van der Waals surface area contributed by atoms with E-state index < -0.39 is 9.84 Å². The highest BCUT2D eigenvalue weighted by Crippen LogP contribution is 2.32. The fraction of sp³-hybridized carbons (Fsp3) is 1.00. The maximum atomic E-state index is 11.2. The Hall–Kier alpha value is -0.0900. The summed E-state index contributed by atoms with van der Waals surface area (Å²) in [5.74, 6) is 2.55. The molecule has 0 spiro atoms. The van der Waals surface area contributed by atoms with Gasteiger partial charge in [0.2, 0.25) is 0 Å². The van der Waals surface area contributed by atoms with Gasteiger partial charge in [-0.1, -0.05) is 33.1 Å². The molecule has 1 fully saturated rings. The highest BCUT2D eigenvalue weighted by Gasteiger charge is 2.24. The van der Waals surface area contributed by atoms with Crippen molar-refractivity contribution < 1.29 is 8.42 Å². The van der Waals surface area contributed by atoms with Gasteiger partial charge in [-0.3, -0.25) is 0 Å². The van der Waals surface area contributed by atoms with E-state index in [9.17, 15) is 8.42 Å². The minimum atomic E-state index is -2.79. The minimum Gasteiger partial charge on any atom is -0.316 e. The first-order valence-corrected chi connectivity index (χ1v) is 9.83. The number of hydrogen-bond donors (Lipinski definition) is 1. The predicted octanol–water partition coefficient (Wildman–Crippen LogP) is 2.86. The minimum absolute atomic E-state index is 0.357. The van der Waals surface area contributed by atoms with Crippen molar-refractivity contribution in [1.29, 1.82) is 0 Å². The van der Waals surface area contributed by atoms with Crippen LogP contribution in [0.1, 0.15) is 52.4 Å². The molecule has 4 heteroatoms. The van der Waals surface area contributed by atoms with Crippen molar-refractivity contribution in [2.24, 2.45) is 17.8 Å². The van der Waals surface area contributed by atoms with Gasteiger partial charge in [0, 0.05) is 12.0 Å². The van der Waals surface area contributed by atoms with E-state index in [2.05, 4.69) is 19.2 Å². The zero-order chi connectivity index (χ0) is 14.3. The van der Waals surface area contributed by atoms with Crippen LogP contribution in [0.5, 0.6) is 0 Å². The van der Waals surface area contributed by atoms with Crippen LogP contribution in [-0.4, -0.2) is 33.5 Å². The molecule has 0 bridgehead atoms. The number of rotatable bonds is 8. The molecule has 1 aliphatic rings. The summed E-state index contributed by atoms with van der Waals surface area (Å²) in [7, 11) is -2.79. The van der Waals surface area contributed by atoms with Crippen molar-refractivity contribution in [3.63, 3.8) is 0 Å². The van der Waals surface area contributed by atoms with Crippen molar-refractivity contribution in [2.75, 3.05) is 25.1 Å². The largest absolute Gasteiger partial charge is 0.316 e. The van der Waals surface area contributed by atoms with Crippen LogP contribution in [-0.2, 0) is 9.84 Å². The third-order valence-corrected chi connectivity index (χ3v) is 5.15. The number of sulfone groups is 1. The van der Waals surface area contributed by atoms with E-state index in [1.807, 2.05) is 0 Å². The van der Waals surface area contributed by atoms with E-state index in [-0.39, 0.29) is 0 Å². The first kappa shape index (κ1) is 17.0. The van der Waals surface area contributed by atoms with Gasteiger partial charge < -0.3 is 5.32 Å². The van der Waals surface area contributed by atoms with Gasteiger partial charge in [-0.05, 0) is 50.1 Å². The normalized spacial score (nSPS) is 24.8. The lowest BCUT2D eigenvalue weighted by atomic mass is 9.77. The molecule has 0 heterocycles. The molecule has 0 aromatic heterocycles. The van der Waals surface area contributed by atoms with Crippen LogP contribution in [0.2, 0.25) is 0 Å². The lowest BCUT2D eigenvalue weighted by Gasteiger charge is -2.32. The standard InChI is InChI=1S/C15H31NO2S/c1-13(2)11-16-12-15-8-5-4-7-14(15)9-6-10-19(3,17)18/h13-16H,4-12H2,1-3H3. The first-order valence-electron chi connectivity index (χ1n) is 7.77. The quantitative estimate of drug-likeness (QED) is 0.747. The van der Waals surface area contributed by atoms with Crippen LogP contribution in [0, 0.1) is 17.8 Å². The molecule has 2 unspecified atom stereocenters. The summed E-state index contributed by atoms with van der Waals surface area (Å²) in [4.78, 5) is 0. The zero-order valence-corrected chi connectivity index (χ0v) is 13.6. The maximum Gasteiger partial charge on any atom is 0.147 e. The summed E-state index contributed by atoms with van der Waals surface area (Å²) in [6.45, 7) is 6.67. The average Bonchev–Trinajstić information content (AvgIpc) is 2.29. The lowest BCUT2D eigenvalue weighted by Crippen LogP contribution is -2.32. The molecule has 1 rings (SSSR count). The molecule has 0 aromatic carbocycles. The second-order valence-corrected chi connectivity index (χ2v) is 8.89. The number of nitrogens with one attached hydrogen (secondary N) is 1. The Morgan fingerprint density at radius 2 is 1.79 bits per heavy atom. The monoisotopic (exact) mass is 289 g/mol.